The van der Waals surface area contributed by atoms with Gasteiger partial charge in [0.2, 0.25) is 0 Å². The molecule has 44 heavy (non-hydrogen) atoms. The van der Waals surface area contributed by atoms with Crippen molar-refractivity contribution in [3.05, 3.63) is 129 Å². The fourth-order valence-electron chi connectivity index (χ4n) is 5.72. The molecule has 6 nitrogen and oxygen atoms in total. The summed E-state index contributed by atoms with van der Waals surface area (Å²) >= 11 is 0. The van der Waals surface area contributed by atoms with Gasteiger partial charge in [0.25, 0.3) is 0 Å². The monoisotopic (exact) mass is 566 g/mol. The largest absolute Gasteiger partial charge is 0.206 e. The number of rotatable bonds is 2. The first-order valence-electron chi connectivity index (χ1n) is 12.9. The average molecular weight is 567 g/mol. The minimum Gasteiger partial charge on any atom is -0.206 e. The summed E-state index contributed by atoms with van der Waals surface area (Å²) < 4.78 is 29.0. The number of nitrogens with zero attached hydrogens (tertiary/aromatic N) is 6. The molecular formula is C36H12F2N6. The Labute approximate surface area is 250 Å². The first-order valence-corrected chi connectivity index (χ1v) is 12.9. The van der Waals surface area contributed by atoms with Gasteiger partial charge in [0.1, 0.15) is 59.2 Å². The van der Waals surface area contributed by atoms with Crippen molar-refractivity contribution in [2.75, 3.05) is 0 Å². The van der Waals surface area contributed by atoms with Gasteiger partial charge in [-0.2, -0.15) is 31.6 Å². The smallest absolute Gasteiger partial charge is 0.141 e. The molecule has 6 rings (SSSR count). The van der Waals surface area contributed by atoms with Gasteiger partial charge in [-0.3, -0.25) is 0 Å². The molecule has 200 valence electrons. The molecule has 0 spiro atoms. The molecule has 4 aromatic carbocycles. The van der Waals surface area contributed by atoms with E-state index in [9.17, 15) is 29.8 Å². The third-order valence-corrected chi connectivity index (χ3v) is 7.66. The highest BCUT2D eigenvalue weighted by atomic mass is 19.1. The molecule has 0 saturated heterocycles. The van der Waals surface area contributed by atoms with Crippen molar-refractivity contribution in [2.24, 2.45) is 0 Å². The number of allylic oxidation sites excluding steroid dienone is 6. The van der Waals surface area contributed by atoms with Gasteiger partial charge < -0.3 is 0 Å². The van der Waals surface area contributed by atoms with Crippen LogP contribution in [0.3, 0.4) is 0 Å². The summed E-state index contributed by atoms with van der Waals surface area (Å²) in [7, 11) is 0. The molecule has 0 bridgehead atoms. The molecule has 0 aromatic heterocycles. The molecule has 0 fully saturated rings. The zero-order valence-electron chi connectivity index (χ0n) is 22.4. The Bertz CT molecular complexity index is 2170. The third-order valence-electron chi connectivity index (χ3n) is 7.66. The lowest BCUT2D eigenvalue weighted by molar-refractivity contribution is 0.624. The molecule has 2 aliphatic rings. The summed E-state index contributed by atoms with van der Waals surface area (Å²) in [5, 5.41) is 58.2. The van der Waals surface area contributed by atoms with Crippen LogP contribution >= 0.6 is 0 Å². The number of benzene rings is 4. The van der Waals surface area contributed by atoms with Crippen LogP contribution in [0.1, 0.15) is 33.4 Å². The number of halogens is 2. The Morgan fingerprint density at radius 3 is 1.09 bits per heavy atom. The van der Waals surface area contributed by atoms with Crippen LogP contribution in [0.2, 0.25) is 0 Å². The number of hydrogen-bond donors (Lipinski definition) is 0. The van der Waals surface area contributed by atoms with Crippen LogP contribution < -0.4 is 0 Å². The molecule has 0 amide bonds. The highest BCUT2D eigenvalue weighted by Crippen LogP contribution is 2.59. The van der Waals surface area contributed by atoms with Crippen molar-refractivity contribution in [1.29, 1.82) is 31.6 Å². The quantitative estimate of drug-likeness (QED) is 0.229. The maximum absolute atomic E-state index is 14.5. The van der Waals surface area contributed by atoms with Crippen LogP contribution in [-0.2, 0) is 0 Å². The zero-order valence-corrected chi connectivity index (χ0v) is 22.4. The van der Waals surface area contributed by atoms with Crippen LogP contribution in [0.15, 0.2) is 83.9 Å². The molecule has 0 radical (unpaired) electrons. The standard InChI is InChI=1S/C36H12F2N6/c37-31-11-21(1-3-23(31)13-39)19-5-7-27-29(9-19)33(25(15-41)16-42)36-28-8-6-20(22-2-4-24(14-40)32(38)12-22)10-30(28)34(35(27)36)26(17-43)18-44/h1-12H. The van der Waals surface area contributed by atoms with Crippen LogP contribution in [0.5, 0.6) is 0 Å². The van der Waals surface area contributed by atoms with Crippen molar-refractivity contribution in [3.63, 3.8) is 0 Å². The van der Waals surface area contributed by atoms with Crippen molar-refractivity contribution in [2.45, 2.75) is 0 Å². The van der Waals surface area contributed by atoms with Crippen LogP contribution in [0.25, 0.3) is 44.5 Å². The maximum Gasteiger partial charge on any atom is 0.141 e. The highest BCUT2D eigenvalue weighted by Gasteiger charge is 2.40. The van der Waals surface area contributed by atoms with Gasteiger partial charge in [0.05, 0.1) is 11.1 Å². The predicted molar refractivity (Wildman–Crippen MR) is 156 cm³/mol. The molecule has 4 aromatic rings. The second kappa shape index (κ2) is 10.4. The summed E-state index contributed by atoms with van der Waals surface area (Å²) in [6.07, 6.45) is 0. The van der Waals surface area contributed by atoms with Gasteiger partial charge in [-0.15, -0.1) is 0 Å². The Balaban J connectivity index is 1.62. The normalized spacial score (nSPS) is 12.0. The first-order chi connectivity index (χ1) is 21.4. The second-order valence-corrected chi connectivity index (χ2v) is 9.83. The molecule has 0 aliphatic heterocycles. The topological polar surface area (TPSA) is 143 Å². The van der Waals surface area contributed by atoms with Gasteiger partial charge in [-0.25, -0.2) is 8.78 Å². The second-order valence-electron chi connectivity index (χ2n) is 9.83. The van der Waals surface area contributed by atoms with Crippen molar-refractivity contribution in [1.82, 2.24) is 0 Å². The highest BCUT2D eigenvalue weighted by molar-refractivity contribution is 6.38. The molecule has 0 atom stereocenters. The fraction of sp³-hybridized carbons (Fsp3) is 0. The minimum atomic E-state index is -0.693. The summed E-state index contributed by atoms with van der Waals surface area (Å²) in [6, 6.07) is 30.1. The first kappa shape index (κ1) is 27.1. The Hall–Kier alpha value is -7.10. The van der Waals surface area contributed by atoms with Crippen molar-refractivity contribution in [3.8, 4) is 58.7 Å². The van der Waals surface area contributed by atoms with Gasteiger partial charge in [-0.05, 0) is 80.9 Å². The maximum atomic E-state index is 14.5. The molecule has 0 heterocycles. The minimum absolute atomic E-state index is 0.109. The number of nitriles is 6. The van der Waals surface area contributed by atoms with E-state index in [0.717, 1.165) is 0 Å². The van der Waals surface area contributed by atoms with Crippen LogP contribution in [0, 0.1) is 79.6 Å². The molecule has 2 aliphatic carbocycles. The summed E-state index contributed by atoms with van der Waals surface area (Å²) in [6.45, 7) is 0. The van der Waals surface area contributed by atoms with Gasteiger partial charge in [0, 0.05) is 22.3 Å². The zero-order chi connectivity index (χ0) is 31.1. The third kappa shape index (κ3) is 3.94. The Kier molecular flexibility index (Phi) is 6.39. The fourth-order valence-corrected chi connectivity index (χ4v) is 5.72. The lowest BCUT2D eigenvalue weighted by Gasteiger charge is -2.15. The SMILES string of the molecule is N#CC(C#N)=C1C2=C(C(=C(C#N)C#N)c3cc(-c4ccc(C#N)c(F)c4)ccc32)c2ccc(-c3ccc(C#N)c(F)c3)cc21. The summed E-state index contributed by atoms with van der Waals surface area (Å²) in [5.74, 6) is -1.39. The van der Waals surface area contributed by atoms with E-state index in [1.807, 2.05) is 24.3 Å². The number of hydrogen-bond acceptors (Lipinski definition) is 6. The van der Waals surface area contributed by atoms with E-state index in [0.29, 0.717) is 66.8 Å². The molecule has 0 unspecified atom stereocenters. The van der Waals surface area contributed by atoms with E-state index in [1.54, 1.807) is 60.7 Å². The average Bonchev–Trinajstić information content (AvgIpc) is 3.54. The molecule has 0 saturated carbocycles. The van der Waals surface area contributed by atoms with E-state index in [-0.39, 0.29) is 22.3 Å². The Morgan fingerprint density at radius 2 is 0.773 bits per heavy atom. The van der Waals surface area contributed by atoms with Crippen LogP contribution in [-0.4, -0.2) is 0 Å². The van der Waals surface area contributed by atoms with E-state index in [2.05, 4.69) is 0 Å². The molecule has 0 N–H and O–H groups in total. The van der Waals surface area contributed by atoms with Gasteiger partial charge in [-0.1, -0.05) is 36.4 Å². The molecule has 8 heteroatoms. The Morgan fingerprint density at radius 1 is 0.432 bits per heavy atom. The molecular weight excluding hydrogens is 554 g/mol. The summed E-state index contributed by atoms with van der Waals surface area (Å²) in [4.78, 5) is 0. The van der Waals surface area contributed by atoms with Crippen molar-refractivity contribution >= 4 is 22.3 Å². The van der Waals surface area contributed by atoms with E-state index >= 15 is 0 Å². The summed E-state index contributed by atoms with van der Waals surface area (Å²) in [5.41, 5.74) is 5.17. The van der Waals surface area contributed by atoms with Crippen LogP contribution in [0.4, 0.5) is 8.78 Å². The van der Waals surface area contributed by atoms with Gasteiger partial charge in [0.15, 0.2) is 0 Å². The van der Waals surface area contributed by atoms with E-state index in [4.69, 9.17) is 10.5 Å². The van der Waals surface area contributed by atoms with Crippen molar-refractivity contribution < 1.29 is 8.78 Å². The van der Waals surface area contributed by atoms with Gasteiger partial charge >= 0.3 is 0 Å². The van der Waals surface area contributed by atoms with E-state index < -0.39 is 11.6 Å². The predicted octanol–water partition coefficient (Wildman–Crippen LogP) is 7.58. The van der Waals surface area contributed by atoms with E-state index in [1.165, 1.54) is 24.3 Å². The lowest BCUT2D eigenvalue weighted by Crippen LogP contribution is -1.97. The number of fused-ring (bicyclic) bond motifs is 4. The lowest BCUT2D eigenvalue weighted by atomic mass is 9.87.